The monoisotopic (exact) mass is 278 g/mol. The minimum absolute atomic E-state index is 0.0809. The summed E-state index contributed by atoms with van der Waals surface area (Å²) in [7, 11) is 1.61. The van der Waals surface area contributed by atoms with Crippen LogP contribution >= 0.6 is 0 Å². The van der Waals surface area contributed by atoms with Crippen molar-refractivity contribution in [1.82, 2.24) is 5.32 Å². The Labute approximate surface area is 119 Å². The molecule has 1 amide bonds. The number of ether oxygens (including phenoxy) is 1. The first-order chi connectivity index (χ1) is 9.69. The van der Waals surface area contributed by atoms with Crippen molar-refractivity contribution in [2.24, 2.45) is 5.92 Å². The van der Waals surface area contributed by atoms with Gasteiger partial charge < -0.3 is 20.5 Å². The fraction of sp³-hybridized carbons (Fsp3) is 0.533. The fourth-order valence-corrected chi connectivity index (χ4v) is 2.51. The van der Waals surface area contributed by atoms with Crippen molar-refractivity contribution >= 4 is 11.6 Å². The number of carbonyl (C=O) groups excluding carboxylic acids is 1. The average molecular weight is 278 g/mol. The molecule has 0 heterocycles. The molecular formula is C15H22N2O3. The Morgan fingerprint density at radius 3 is 2.70 bits per heavy atom. The third kappa shape index (κ3) is 4.21. The number of hydrogen-bond acceptors (Lipinski definition) is 4. The molecule has 5 nitrogen and oxygen atoms in total. The number of nitrogens with one attached hydrogen (secondary N) is 2. The van der Waals surface area contributed by atoms with Gasteiger partial charge in [-0.3, -0.25) is 4.79 Å². The molecule has 2 atom stereocenters. The Balaban J connectivity index is 1.69. The van der Waals surface area contributed by atoms with Crippen LogP contribution in [0, 0.1) is 5.92 Å². The highest BCUT2D eigenvalue weighted by atomic mass is 16.5. The number of amides is 1. The van der Waals surface area contributed by atoms with Crippen molar-refractivity contribution in [2.75, 3.05) is 25.5 Å². The fourth-order valence-electron chi connectivity index (χ4n) is 2.51. The molecule has 1 aliphatic rings. The number of aliphatic hydroxyl groups excluding tert-OH is 1. The number of aliphatic hydroxyl groups is 1. The van der Waals surface area contributed by atoms with Gasteiger partial charge in [-0.1, -0.05) is 6.42 Å². The average Bonchev–Trinajstić information content (AvgIpc) is 2.85. The van der Waals surface area contributed by atoms with Crippen molar-refractivity contribution in [3.05, 3.63) is 24.3 Å². The van der Waals surface area contributed by atoms with Gasteiger partial charge in [0.05, 0.1) is 19.8 Å². The Hall–Kier alpha value is -1.59. The highest BCUT2D eigenvalue weighted by Crippen LogP contribution is 2.24. The van der Waals surface area contributed by atoms with Crippen LogP contribution in [0.5, 0.6) is 5.75 Å². The number of carbonyl (C=O) groups is 1. The van der Waals surface area contributed by atoms with Crippen molar-refractivity contribution in [2.45, 2.75) is 25.4 Å². The molecule has 1 aromatic carbocycles. The van der Waals surface area contributed by atoms with Gasteiger partial charge in [-0.2, -0.15) is 0 Å². The van der Waals surface area contributed by atoms with Gasteiger partial charge >= 0.3 is 0 Å². The summed E-state index contributed by atoms with van der Waals surface area (Å²) in [5.74, 6) is 0.961. The molecule has 0 saturated heterocycles. The van der Waals surface area contributed by atoms with Crippen LogP contribution < -0.4 is 15.4 Å². The molecule has 1 fully saturated rings. The minimum atomic E-state index is -0.216. The summed E-state index contributed by atoms with van der Waals surface area (Å²) in [6.45, 7) is 0.951. The summed E-state index contributed by atoms with van der Waals surface area (Å²) in [5.41, 5.74) is 0.749. The van der Waals surface area contributed by atoms with Gasteiger partial charge in [0, 0.05) is 12.2 Å². The lowest BCUT2D eigenvalue weighted by Gasteiger charge is -2.15. The van der Waals surface area contributed by atoms with Gasteiger partial charge in [-0.05, 0) is 43.0 Å². The molecule has 1 saturated carbocycles. The maximum atomic E-state index is 11.8. The summed E-state index contributed by atoms with van der Waals surface area (Å²) in [6, 6.07) is 7.21. The van der Waals surface area contributed by atoms with E-state index in [1.165, 1.54) is 0 Å². The normalized spacial score (nSPS) is 21.7. The molecule has 2 unspecified atom stereocenters. The third-order valence-corrected chi connectivity index (χ3v) is 3.68. The van der Waals surface area contributed by atoms with E-state index in [4.69, 9.17) is 4.74 Å². The summed E-state index contributed by atoms with van der Waals surface area (Å²) >= 11 is 0. The molecule has 0 spiro atoms. The third-order valence-electron chi connectivity index (χ3n) is 3.68. The van der Waals surface area contributed by atoms with Crippen LogP contribution in [-0.2, 0) is 4.79 Å². The Morgan fingerprint density at radius 2 is 2.10 bits per heavy atom. The number of methoxy groups -OCH3 is 1. The van der Waals surface area contributed by atoms with Gasteiger partial charge in [0.1, 0.15) is 5.75 Å². The summed E-state index contributed by atoms with van der Waals surface area (Å²) in [5, 5.41) is 15.6. The molecule has 0 radical (unpaired) electrons. The molecule has 0 aliphatic heterocycles. The first-order valence-corrected chi connectivity index (χ1v) is 7.01. The van der Waals surface area contributed by atoms with Crippen LogP contribution in [0.15, 0.2) is 24.3 Å². The van der Waals surface area contributed by atoms with Gasteiger partial charge in [0.25, 0.3) is 0 Å². The number of hydrogen-bond donors (Lipinski definition) is 3. The predicted octanol–water partition coefficient (Wildman–Crippen LogP) is 1.38. The van der Waals surface area contributed by atoms with Crippen LogP contribution in [0.4, 0.5) is 5.69 Å². The summed E-state index contributed by atoms with van der Waals surface area (Å²) < 4.78 is 5.06. The second kappa shape index (κ2) is 7.26. The molecular weight excluding hydrogens is 256 g/mol. The lowest BCUT2D eigenvalue weighted by molar-refractivity contribution is -0.115. The Bertz CT molecular complexity index is 433. The molecule has 20 heavy (non-hydrogen) atoms. The van der Waals surface area contributed by atoms with Crippen LogP contribution in [0.3, 0.4) is 0 Å². The Kier molecular flexibility index (Phi) is 5.38. The van der Waals surface area contributed by atoms with Crippen LogP contribution in [0.1, 0.15) is 19.3 Å². The molecule has 1 aliphatic carbocycles. The maximum Gasteiger partial charge on any atom is 0.238 e. The number of anilines is 1. The lowest BCUT2D eigenvalue weighted by Crippen LogP contribution is -2.34. The molecule has 110 valence electrons. The topological polar surface area (TPSA) is 70.6 Å². The molecule has 3 N–H and O–H groups in total. The van der Waals surface area contributed by atoms with E-state index in [0.29, 0.717) is 6.54 Å². The zero-order valence-electron chi connectivity index (χ0n) is 11.8. The van der Waals surface area contributed by atoms with E-state index >= 15 is 0 Å². The number of benzene rings is 1. The predicted molar refractivity (Wildman–Crippen MR) is 77.8 cm³/mol. The zero-order valence-corrected chi connectivity index (χ0v) is 11.8. The lowest BCUT2D eigenvalue weighted by atomic mass is 10.1. The zero-order chi connectivity index (χ0) is 14.4. The van der Waals surface area contributed by atoms with E-state index in [2.05, 4.69) is 10.6 Å². The van der Waals surface area contributed by atoms with Gasteiger partial charge in [-0.25, -0.2) is 0 Å². The molecule has 2 rings (SSSR count). The van der Waals surface area contributed by atoms with E-state index in [1.54, 1.807) is 31.4 Å². The van der Waals surface area contributed by atoms with Crippen molar-refractivity contribution in [3.8, 4) is 5.75 Å². The second-order valence-corrected chi connectivity index (χ2v) is 5.17. The van der Waals surface area contributed by atoms with E-state index in [1.807, 2.05) is 0 Å². The van der Waals surface area contributed by atoms with Crippen molar-refractivity contribution in [1.29, 1.82) is 0 Å². The van der Waals surface area contributed by atoms with Crippen LogP contribution in [-0.4, -0.2) is 37.3 Å². The van der Waals surface area contributed by atoms with Crippen LogP contribution in [0.2, 0.25) is 0 Å². The molecule has 0 bridgehead atoms. The highest BCUT2D eigenvalue weighted by Gasteiger charge is 2.24. The van der Waals surface area contributed by atoms with E-state index in [9.17, 15) is 9.90 Å². The summed E-state index contributed by atoms with van der Waals surface area (Å²) in [6.07, 6.45) is 2.77. The van der Waals surface area contributed by atoms with E-state index in [0.717, 1.165) is 30.7 Å². The van der Waals surface area contributed by atoms with Crippen molar-refractivity contribution < 1.29 is 14.6 Å². The van der Waals surface area contributed by atoms with Crippen molar-refractivity contribution in [3.63, 3.8) is 0 Å². The van der Waals surface area contributed by atoms with E-state index < -0.39 is 0 Å². The smallest absolute Gasteiger partial charge is 0.238 e. The molecule has 1 aromatic rings. The highest BCUT2D eigenvalue weighted by molar-refractivity contribution is 5.92. The van der Waals surface area contributed by atoms with Gasteiger partial charge in [-0.15, -0.1) is 0 Å². The molecule has 0 aromatic heterocycles. The van der Waals surface area contributed by atoms with Gasteiger partial charge in [0.15, 0.2) is 0 Å². The second-order valence-electron chi connectivity index (χ2n) is 5.17. The number of rotatable bonds is 6. The largest absolute Gasteiger partial charge is 0.497 e. The Morgan fingerprint density at radius 1 is 1.35 bits per heavy atom. The minimum Gasteiger partial charge on any atom is -0.497 e. The summed E-state index contributed by atoms with van der Waals surface area (Å²) in [4.78, 5) is 11.8. The maximum absolute atomic E-state index is 11.8. The SMILES string of the molecule is COc1ccc(NC(=O)CNCC2CCCC2O)cc1. The van der Waals surface area contributed by atoms with E-state index in [-0.39, 0.29) is 24.5 Å². The quantitative estimate of drug-likeness (QED) is 0.735. The van der Waals surface area contributed by atoms with Crippen LogP contribution in [0.25, 0.3) is 0 Å². The first-order valence-electron chi connectivity index (χ1n) is 7.01. The molecule has 5 heteroatoms. The first kappa shape index (κ1) is 14.8. The van der Waals surface area contributed by atoms with Gasteiger partial charge in [0.2, 0.25) is 5.91 Å². The standard InChI is InChI=1S/C15H22N2O3/c1-20-13-7-5-12(6-8-13)17-15(19)10-16-9-11-3-2-4-14(11)18/h5-8,11,14,16,18H,2-4,9-10H2,1H3,(H,17,19).